The summed E-state index contributed by atoms with van der Waals surface area (Å²) in [5, 5.41) is 7.56. The number of aromatic nitrogens is 2. The van der Waals surface area contributed by atoms with Gasteiger partial charge < -0.3 is 15.2 Å². The molecule has 17 heavy (non-hydrogen) atoms. The number of hydrogen-bond donors (Lipinski definition) is 1. The molecule has 0 aliphatic carbocycles. The average molecular weight is 255 g/mol. The molecule has 2 N–H and O–H groups in total. The zero-order chi connectivity index (χ0) is 12.9. The molecule has 0 radical (unpaired) electrons. The maximum atomic E-state index is 5.54. The van der Waals surface area contributed by atoms with Gasteiger partial charge in [0.25, 0.3) is 0 Å². The molecule has 6 heteroatoms. The third kappa shape index (κ3) is 5.06. The Bertz CT molecular complexity index is 391. The summed E-state index contributed by atoms with van der Waals surface area (Å²) < 4.78 is 10.9. The van der Waals surface area contributed by atoms with Crippen LogP contribution in [0.4, 0.5) is 0 Å². The van der Waals surface area contributed by atoms with Crippen molar-refractivity contribution < 1.29 is 9.47 Å². The van der Waals surface area contributed by atoms with Crippen molar-refractivity contribution in [2.45, 2.75) is 26.4 Å². The highest BCUT2D eigenvalue weighted by molar-refractivity contribution is 7.80. The van der Waals surface area contributed by atoms with Gasteiger partial charge in [-0.05, 0) is 26.8 Å². The summed E-state index contributed by atoms with van der Waals surface area (Å²) >= 11 is 4.89. The Balaban J connectivity index is 2.49. The van der Waals surface area contributed by atoms with Gasteiger partial charge in [0.15, 0.2) is 0 Å². The van der Waals surface area contributed by atoms with Gasteiger partial charge in [-0.15, -0.1) is 5.10 Å². The van der Waals surface area contributed by atoms with Crippen LogP contribution in [0.15, 0.2) is 12.3 Å². The maximum absolute atomic E-state index is 5.54. The van der Waals surface area contributed by atoms with Gasteiger partial charge in [-0.1, -0.05) is 12.2 Å². The van der Waals surface area contributed by atoms with E-state index < -0.39 is 0 Å². The number of rotatable bonds is 5. The van der Waals surface area contributed by atoms with E-state index in [2.05, 4.69) is 10.2 Å². The molecule has 0 bridgehead atoms. The molecule has 0 aliphatic heterocycles. The van der Waals surface area contributed by atoms with E-state index >= 15 is 0 Å². The molecule has 0 fully saturated rings. The van der Waals surface area contributed by atoms with Crippen LogP contribution >= 0.6 is 12.2 Å². The first-order chi connectivity index (χ1) is 7.90. The number of thiocarbonyl (C=S) groups is 1. The zero-order valence-corrected chi connectivity index (χ0v) is 11.1. The Morgan fingerprint density at radius 1 is 1.41 bits per heavy atom. The number of nitrogens with two attached hydrogens (primary N) is 1. The van der Waals surface area contributed by atoms with Crippen molar-refractivity contribution in [3.8, 4) is 5.88 Å². The van der Waals surface area contributed by atoms with Crippen LogP contribution in [0.1, 0.15) is 26.3 Å². The van der Waals surface area contributed by atoms with Crippen LogP contribution in [0.25, 0.3) is 0 Å². The summed E-state index contributed by atoms with van der Waals surface area (Å²) in [5.74, 6) is 0.345. The minimum absolute atomic E-state index is 0.183. The molecule has 0 saturated heterocycles. The van der Waals surface area contributed by atoms with Gasteiger partial charge in [0.05, 0.1) is 24.0 Å². The van der Waals surface area contributed by atoms with Gasteiger partial charge in [-0.3, -0.25) is 0 Å². The highest BCUT2D eigenvalue weighted by atomic mass is 32.1. The van der Waals surface area contributed by atoms with Crippen LogP contribution in [-0.2, 0) is 4.74 Å². The average Bonchev–Trinajstić information content (AvgIpc) is 2.23. The van der Waals surface area contributed by atoms with E-state index in [4.69, 9.17) is 27.4 Å². The van der Waals surface area contributed by atoms with Crippen molar-refractivity contribution in [2.24, 2.45) is 5.73 Å². The lowest BCUT2D eigenvalue weighted by Gasteiger charge is -2.19. The number of nitrogens with zero attached hydrogens (tertiary/aromatic N) is 2. The number of ether oxygens (including phenoxy) is 2. The van der Waals surface area contributed by atoms with E-state index in [1.54, 1.807) is 6.07 Å². The normalized spacial score (nSPS) is 11.2. The highest BCUT2D eigenvalue weighted by Gasteiger charge is 2.11. The molecule has 0 saturated carbocycles. The van der Waals surface area contributed by atoms with Gasteiger partial charge in [-0.2, -0.15) is 5.10 Å². The molecule has 94 valence electrons. The minimum Gasteiger partial charge on any atom is -0.474 e. The molecule has 0 amide bonds. The largest absolute Gasteiger partial charge is 0.474 e. The zero-order valence-electron chi connectivity index (χ0n) is 10.3. The van der Waals surface area contributed by atoms with Crippen molar-refractivity contribution in [3.63, 3.8) is 0 Å². The topological polar surface area (TPSA) is 70.3 Å². The number of hydrogen-bond acceptors (Lipinski definition) is 5. The summed E-state index contributed by atoms with van der Waals surface area (Å²) in [6, 6.07) is 1.68. The fraction of sp³-hybridized carbons (Fsp3) is 0.545. The molecule has 0 unspecified atom stereocenters. The van der Waals surface area contributed by atoms with Crippen LogP contribution in [0.2, 0.25) is 0 Å². The smallest absolute Gasteiger partial charge is 0.243 e. The molecule has 0 spiro atoms. The second kappa shape index (κ2) is 5.88. The van der Waals surface area contributed by atoms with E-state index in [0.717, 1.165) is 0 Å². The van der Waals surface area contributed by atoms with E-state index in [-0.39, 0.29) is 10.6 Å². The van der Waals surface area contributed by atoms with Crippen molar-refractivity contribution in [3.05, 3.63) is 17.8 Å². The van der Waals surface area contributed by atoms with Crippen LogP contribution in [-0.4, -0.2) is 34.0 Å². The first-order valence-electron chi connectivity index (χ1n) is 5.28. The fourth-order valence-electron chi connectivity index (χ4n) is 1.10. The molecule has 0 aromatic carbocycles. The van der Waals surface area contributed by atoms with Gasteiger partial charge in [-0.25, -0.2) is 0 Å². The summed E-state index contributed by atoms with van der Waals surface area (Å²) in [7, 11) is 0. The molecule has 1 heterocycles. The molecule has 1 aromatic heterocycles. The second-order valence-electron chi connectivity index (χ2n) is 4.42. The molecule has 1 rings (SSSR count). The predicted molar refractivity (Wildman–Crippen MR) is 69.1 cm³/mol. The van der Waals surface area contributed by atoms with Crippen LogP contribution < -0.4 is 10.5 Å². The van der Waals surface area contributed by atoms with Crippen LogP contribution in [0, 0.1) is 0 Å². The van der Waals surface area contributed by atoms with E-state index in [0.29, 0.717) is 24.7 Å². The van der Waals surface area contributed by atoms with E-state index in [9.17, 15) is 0 Å². The van der Waals surface area contributed by atoms with Crippen molar-refractivity contribution in [1.29, 1.82) is 0 Å². The highest BCUT2D eigenvalue weighted by Crippen LogP contribution is 2.13. The lowest BCUT2D eigenvalue weighted by molar-refractivity contribution is -0.0169. The lowest BCUT2D eigenvalue weighted by Crippen LogP contribution is -2.23. The van der Waals surface area contributed by atoms with E-state index in [1.165, 1.54) is 6.20 Å². The molecule has 5 nitrogen and oxygen atoms in total. The van der Waals surface area contributed by atoms with Crippen molar-refractivity contribution in [2.75, 3.05) is 13.2 Å². The Kier molecular flexibility index (Phi) is 4.77. The summed E-state index contributed by atoms with van der Waals surface area (Å²) in [6.45, 7) is 6.80. The Labute approximate surface area is 106 Å². The monoisotopic (exact) mass is 255 g/mol. The predicted octanol–water partition coefficient (Wildman–Crippen LogP) is 1.30. The first kappa shape index (κ1) is 13.8. The van der Waals surface area contributed by atoms with Crippen LogP contribution in [0.5, 0.6) is 5.88 Å². The van der Waals surface area contributed by atoms with Crippen molar-refractivity contribution in [1.82, 2.24) is 10.2 Å². The molecular weight excluding hydrogens is 238 g/mol. The van der Waals surface area contributed by atoms with Crippen molar-refractivity contribution >= 4 is 17.2 Å². The molecular formula is C11H17N3O2S. The van der Waals surface area contributed by atoms with E-state index in [1.807, 2.05) is 20.8 Å². The maximum Gasteiger partial charge on any atom is 0.243 e. The van der Waals surface area contributed by atoms with Gasteiger partial charge in [0.1, 0.15) is 11.6 Å². The summed E-state index contributed by atoms with van der Waals surface area (Å²) in [4.78, 5) is 0.242. The SMILES string of the molecule is CC(C)(C)OCCOc1nnccc1C(N)=S. The van der Waals surface area contributed by atoms with Crippen LogP contribution in [0.3, 0.4) is 0 Å². The Morgan fingerprint density at radius 2 is 2.12 bits per heavy atom. The summed E-state index contributed by atoms with van der Waals surface area (Å²) in [6.07, 6.45) is 1.52. The minimum atomic E-state index is -0.183. The van der Waals surface area contributed by atoms with Gasteiger partial charge >= 0.3 is 0 Å². The standard InChI is InChI=1S/C11H17N3O2S/c1-11(2,3)16-7-6-15-10-8(9(12)17)4-5-13-14-10/h4-5H,6-7H2,1-3H3,(H2,12,17). The van der Waals surface area contributed by atoms with Gasteiger partial charge in [0.2, 0.25) is 5.88 Å². The van der Waals surface area contributed by atoms with Gasteiger partial charge in [0, 0.05) is 0 Å². The Morgan fingerprint density at radius 3 is 2.71 bits per heavy atom. The lowest BCUT2D eigenvalue weighted by atomic mass is 10.2. The molecule has 1 aromatic rings. The fourth-order valence-corrected chi connectivity index (χ4v) is 1.25. The third-order valence-electron chi connectivity index (χ3n) is 1.81. The third-order valence-corrected chi connectivity index (χ3v) is 2.03. The molecule has 0 aliphatic rings. The summed E-state index contributed by atoms with van der Waals surface area (Å²) in [5.41, 5.74) is 5.95. The second-order valence-corrected chi connectivity index (χ2v) is 4.86. The molecule has 0 atom stereocenters. The first-order valence-corrected chi connectivity index (χ1v) is 5.69. The Hall–Kier alpha value is -1.27. The quantitative estimate of drug-likeness (QED) is 0.632.